The number of anilines is 3. The predicted molar refractivity (Wildman–Crippen MR) is 81.1 cm³/mol. The van der Waals surface area contributed by atoms with Crippen LogP contribution in [-0.2, 0) is 4.74 Å². The lowest BCUT2D eigenvalue weighted by molar-refractivity contribution is 0.210. The summed E-state index contributed by atoms with van der Waals surface area (Å²) in [7, 11) is 1.65. The number of hydrogen-bond donors (Lipinski definition) is 2. The molecule has 0 aliphatic carbocycles. The van der Waals surface area contributed by atoms with E-state index in [4.69, 9.17) is 9.47 Å². The van der Waals surface area contributed by atoms with E-state index < -0.39 is 0 Å². The van der Waals surface area contributed by atoms with E-state index in [1.54, 1.807) is 13.3 Å². The maximum Gasteiger partial charge on any atom is 0.249 e. The molecule has 0 radical (unpaired) electrons. The number of benzene rings is 1. The molecule has 0 amide bonds. The van der Waals surface area contributed by atoms with Crippen LogP contribution in [0.2, 0.25) is 0 Å². The lowest BCUT2D eigenvalue weighted by atomic mass is 10.3. The summed E-state index contributed by atoms with van der Waals surface area (Å²) in [5, 5.41) is 14.0. The highest BCUT2D eigenvalue weighted by atomic mass is 16.5. The molecule has 2 N–H and O–H groups in total. The molecule has 0 saturated heterocycles. The Kier molecular flexibility index (Phi) is 5.71. The summed E-state index contributed by atoms with van der Waals surface area (Å²) in [6, 6.07) is 7.58. The fraction of sp³-hybridized carbons (Fsp3) is 0.357. The molecule has 1 heterocycles. The minimum absolute atomic E-state index is 0.432. The largest absolute Gasteiger partial charge is 0.494 e. The van der Waals surface area contributed by atoms with Gasteiger partial charge < -0.3 is 20.1 Å². The second kappa shape index (κ2) is 8.01. The monoisotopic (exact) mass is 289 g/mol. The minimum Gasteiger partial charge on any atom is -0.494 e. The first-order valence-electron chi connectivity index (χ1n) is 6.74. The van der Waals surface area contributed by atoms with Gasteiger partial charge in [-0.3, -0.25) is 0 Å². The van der Waals surface area contributed by atoms with Gasteiger partial charge in [0.15, 0.2) is 5.82 Å². The Balaban J connectivity index is 1.96. The van der Waals surface area contributed by atoms with E-state index in [1.807, 2.05) is 31.2 Å². The number of rotatable bonds is 8. The molecule has 7 nitrogen and oxygen atoms in total. The van der Waals surface area contributed by atoms with Crippen LogP contribution in [-0.4, -0.2) is 42.0 Å². The van der Waals surface area contributed by atoms with Gasteiger partial charge in [0.1, 0.15) is 5.75 Å². The lowest BCUT2D eigenvalue weighted by Crippen LogP contribution is -2.10. The molecular formula is C14H19N5O2. The van der Waals surface area contributed by atoms with Gasteiger partial charge in [-0.15, -0.1) is 5.10 Å². The van der Waals surface area contributed by atoms with Crippen molar-refractivity contribution in [3.05, 3.63) is 30.5 Å². The summed E-state index contributed by atoms with van der Waals surface area (Å²) in [4.78, 5) is 4.32. The van der Waals surface area contributed by atoms with Gasteiger partial charge in [0, 0.05) is 19.3 Å². The molecule has 2 aromatic rings. The van der Waals surface area contributed by atoms with Crippen LogP contribution < -0.4 is 15.4 Å². The Bertz CT molecular complexity index is 547. The first kappa shape index (κ1) is 15.0. The topological polar surface area (TPSA) is 81.2 Å². The zero-order valence-corrected chi connectivity index (χ0v) is 12.2. The highest BCUT2D eigenvalue weighted by molar-refractivity contribution is 5.55. The van der Waals surface area contributed by atoms with Crippen LogP contribution in [0.3, 0.4) is 0 Å². The summed E-state index contributed by atoms with van der Waals surface area (Å²) >= 11 is 0. The molecule has 0 aliphatic rings. The second-order valence-electron chi connectivity index (χ2n) is 4.17. The first-order valence-corrected chi connectivity index (χ1v) is 6.74. The normalized spacial score (nSPS) is 10.2. The molecule has 0 saturated carbocycles. The third kappa shape index (κ3) is 4.88. The average molecular weight is 289 g/mol. The van der Waals surface area contributed by atoms with Gasteiger partial charge in [-0.05, 0) is 31.2 Å². The Morgan fingerprint density at radius 2 is 2.00 bits per heavy atom. The number of methoxy groups -OCH3 is 1. The molecule has 112 valence electrons. The Morgan fingerprint density at radius 3 is 2.71 bits per heavy atom. The molecule has 0 fully saturated rings. The van der Waals surface area contributed by atoms with E-state index >= 15 is 0 Å². The molecule has 0 spiro atoms. The van der Waals surface area contributed by atoms with Gasteiger partial charge in [-0.1, -0.05) is 0 Å². The standard InChI is InChI=1S/C14H19N5O2/c1-3-21-12-6-4-11(5-7-12)17-14-18-13(10-16-19-14)15-8-9-20-2/h4-7,10H,3,8-9H2,1-2H3,(H2,15,17,18,19). The summed E-state index contributed by atoms with van der Waals surface area (Å²) < 4.78 is 10.4. The van der Waals surface area contributed by atoms with E-state index in [-0.39, 0.29) is 0 Å². The molecule has 21 heavy (non-hydrogen) atoms. The minimum atomic E-state index is 0.432. The molecule has 2 rings (SSSR count). The number of ether oxygens (including phenoxy) is 2. The van der Waals surface area contributed by atoms with Crippen molar-refractivity contribution in [2.24, 2.45) is 0 Å². The summed E-state index contributed by atoms with van der Waals surface area (Å²) in [5.41, 5.74) is 0.870. The molecule has 0 atom stereocenters. The quantitative estimate of drug-likeness (QED) is 0.720. The van der Waals surface area contributed by atoms with E-state index in [0.717, 1.165) is 11.4 Å². The van der Waals surface area contributed by atoms with Gasteiger partial charge in [0.25, 0.3) is 0 Å². The van der Waals surface area contributed by atoms with Crippen molar-refractivity contribution in [1.82, 2.24) is 15.2 Å². The third-order valence-electron chi connectivity index (χ3n) is 2.59. The van der Waals surface area contributed by atoms with Crippen LogP contribution in [0.15, 0.2) is 30.5 Å². The highest BCUT2D eigenvalue weighted by Gasteiger charge is 2.01. The third-order valence-corrected chi connectivity index (χ3v) is 2.59. The Hall–Kier alpha value is -2.41. The van der Waals surface area contributed by atoms with Gasteiger partial charge in [0.05, 0.1) is 19.4 Å². The van der Waals surface area contributed by atoms with Crippen LogP contribution in [0.4, 0.5) is 17.5 Å². The summed E-state index contributed by atoms with van der Waals surface area (Å²) in [6.45, 7) is 3.87. The fourth-order valence-electron chi connectivity index (χ4n) is 1.65. The van der Waals surface area contributed by atoms with Crippen LogP contribution in [0.25, 0.3) is 0 Å². The van der Waals surface area contributed by atoms with E-state index in [2.05, 4.69) is 25.8 Å². The molecule has 1 aromatic heterocycles. The molecular weight excluding hydrogens is 270 g/mol. The highest BCUT2D eigenvalue weighted by Crippen LogP contribution is 2.18. The van der Waals surface area contributed by atoms with E-state index in [0.29, 0.717) is 31.5 Å². The summed E-state index contributed by atoms with van der Waals surface area (Å²) in [5.74, 6) is 1.91. The number of hydrogen-bond acceptors (Lipinski definition) is 7. The van der Waals surface area contributed by atoms with Crippen molar-refractivity contribution >= 4 is 17.5 Å². The maximum atomic E-state index is 5.39. The van der Waals surface area contributed by atoms with Crippen LogP contribution >= 0.6 is 0 Å². The van der Waals surface area contributed by atoms with Gasteiger partial charge >= 0.3 is 0 Å². The van der Waals surface area contributed by atoms with Gasteiger partial charge in [0.2, 0.25) is 5.95 Å². The lowest BCUT2D eigenvalue weighted by Gasteiger charge is -2.08. The number of nitrogens with one attached hydrogen (secondary N) is 2. The Labute approximate surface area is 123 Å². The first-order chi connectivity index (χ1) is 10.3. The molecule has 7 heteroatoms. The smallest absolute Gasteiger partial charge is 0.249 e. The second-order valence-corrected chi connectivity index (χ2v) is 4.17. The molecule has 0 bridgehead atoms. The van der Waals surface area contributed by atoms with Crippen LogP contribution in [0, 0.1) is 0 Å². The molecule has 1 aromatic carbocycles. The van der Waals surface area contributed by atoms with Gasteiger partial charge in [-0.25, -0.2) is 0 Å². The van der Waals surface area contributed by atoms with Crippen molar-refractivity contribution in [1.29, 1.82) is 0 Å². The van der Waals surface area contributed by atoms with Gasteiger partial charge in [-0.2, -0.15) is 10.1 Å². The maximum absolute atomic E-state index is 5.39. The van der Waals surface area contributed by atoms with E-state index in [9.17, 15) is 0 Å². The van der Waals surface area contributed by atoms with Crippen LogP contribution in [0.1, 0.15) is 6.92 Å². The van der Waals surface area contributed by atoms with Crippen molar-refractivity contribution in [2.45, 2.75) is 6.92 Å². The zero-order chi connectivity index (χ0) is 14.9. The number of nitrogens with zero attached hydrogens (tertiary/aromatic N) is 3. The van der Waals surface area contributed by atoms with Crippen molar-refractivity contribution in [3.63, 3.8) is 0 Å². The zero-order valence-electron chi connectivity index (χ0n) is 12.2. The Morgan fingerprint density at radius 1 is 1.19 bits per heavy atom. The van der Waals surface area contributed by atoms with Crippen molar-refractivity contribution in [2.75, 3.05) is 37.5 Å². The SMILES string of the molecule is CCOc1ccc(Nc2nncc(NCCOC)n2)cc1. The van der Waals surface area contributed by atoms with E-state index in [1.165, 1.54) is 0 Å². The van der Waals surface area contributed by atoms with Crippen LogP contribution in [0.5, 0.6) is 5.75 Å². The van der Waals surface area contributed by atoms with Crippen molar-refractivity contribution < 1.29 is 9.47 Å². The fourth-order valence-corrected chi connectivity index (χ4v) is 1.65. The summed E-state index contributed by atoms with van der Waals surface area (Å²) in [6.07, 6.45) is 1.57. The van der Waals surface area contributed by atoms with Crippen molar-refractivity contribution in [3.8, 4) is 5.75 Å². The number of aromatic nitrogens is 3. The molecule has 0 unspecified atom stereocenters. The average Bonchev–Trinajstić information content (AvgIpc) is 2.50. The predicted octanol–water partition coefficient (Wildman–Crippen LogP) is 2.07. The molecule has 0 aliphatic heterocycles.